The predicted molar refractivity (Wildman–Crippen MR) is 97.9 cm³/mol. The molecule has 0 aliphatic heterocycles. The Kier molecular flexibility index (Phi) is 4.44. The second-order valence-corrected chi connectivity index (χ2v) is 7.19. The van der Waals surface area contributed by atoms with Crippen LogP contribution in [0.2, 0.25) is 0 Å². The Morgan fingerprint density at radius 3 is 2.74 bits per heavy atom. The number of carbonyl (C=O) groups is 1. The normalized spacial score (nSPS) is 11.1. The largest absolute Gasteiger partial charge is 0.326 e. The first-order chi connectivity index (χ1) is 11.0. The summed E-state index contributed by atoms with van der Waals surface area (Å²) in [6, 6.07) is 14.2. The Hall–Kier alpha value is -2.20. The van der Waals surface area contributed by atoms with Gasteiger partial charge in [-0.3, -0.25) is 4.79 Å². The average molecular weight is 324 g/mol. The highest BCUT2D eigenvalue weighted by Gasteiger charge is 2.11. The molecule has 1 aromatic heterocycles. The molecule has 0 saturated heterocycles. The Labute approximate surface area is 140 Å². The van der Waals surface area contributed by atoms with E-state index in [0.29, 0.717) is 12.3 Å². The molecule has 0 saturated carbocycles. The van der Waals surface area contributed by atoms with E-state index in [1.54, 1.807) is 11.3 Å². The van der Waals surface area contributed by atoms with Gasteiger partial charge in [0.25, 0.3) is 0 Å². The number of nitrogens with zero attached hydrogens (tertiary/aromatic N) is 1. The number of hydrogen-bond donors (Lipinski definition) is 1. The van der Waals surface area contributed by atoms with Gasteiger partial charge in [-0.15, -0.1) is 11.3 Å². The molecule has 118 valence electrons. The van der Waals surface area contributed by atoms with Gasteiger partial charge in [-0.25, -0.2) is 4.98 Å². The number of benzene rings is 2. The van der Waals surface area contributed by atoms with Crippen LogP contribution in [0.25, 0.3) is 20.8 Å². The van der Waals surface area contributed by atoms with Crippen LogP contribution in [0.5, 0.6) is 0 Å². The molecule has 3 nitrogen and oxygen atoms in total. The lowest BCUT2D eigenvalue weighted by Gasteiger charge is -2.11. The highest BCUT2D eigenvalue weighted by Crippen LogP contribution is 2.32. The summed E-state index contributed by atoms with van der Waals surface area (Å²) in [6.07, 6.45) is 0.533. The van der Waals surface area contributed by atoms with Gasteiger partial charge in [0.05, 0.1) is 10.2 Å². The zero-order valence-corrected chi connectivity index (χ0v) is 14.4. The summed E-state index contributed by atoms with van der Waals surface area (Å²) in [5, 5.41) is 4.00. The Morgan fingerprint density at radius 1 is 1.22 bits per heavy atom. The number of fused-ring (bicyclic) bond motifs is 1. The second kappa shape index (κ2) is 6.50. The van der Waals surface area contributed by atoms with Crippen LogP contribution in [-0.2, 0) is 4.79 Å². The Morgan fingerprint density at radius 2 is 2.00 bits per heavy atom. The number of aryl methyl sites for hydroxylation is 1. The standard InChI is InChI=1S/C19H20N2OS/c1-12(2)10-18(22)20-16-11-14(9-8-13(16)3)19-21-15-6-4-5-7-17(15)23-19/h4-9,11-12H,10H2,1-3H3,(H,20,22). The number of anilines is 1. The number of nitrogens with one attached hydrogen (secondary N) is 1. The van der Waals surface area contributed by atoms with E-state index in [1.807, 2.05) is 51.1 Å². The molecule has 0 atom stereocenters. The van der Waals surface area contributed by atoms with E-state index in [-0.39, 0.29) is 5.91 Å². The quantitative estimate of drug-likeness (QED) is 0.711. The molecule has 1 heterocycles. The molecule has 0 unspecified atom stereocenters. The first-order valence-electron chi connectivity index (χ1n) is 7.79. The fourth-order valence-corrected chi connectivity index (χ4v) is 3.42. The Balaban J connectivity index is 1.91. The fraction of sp³-hybridized carbons (Fsp3) is 0.263. The molecule has 1 N–H and O–H groups in total. The van der Waals surface area contributed by atoms with E-state index in [9.17, 15) is 4.79 Å². The lowest BCUT2D eigenvalue weighted by atomic mass is 10.1. The molecule has 4 heteroatoms. The van der Waals surface area contributed by atoms with Crippen LogP contribution in [0, 0.1) is 12.8 Å². The number of aromatic nitrogens is 1. The maximum absolute atomic E-state index is 12.0. The van der Waals surface area contributed by atoms with Gasteiger partial charge in [-0.1, -0.05) is 38.1 Å². The van der Waals surface area contributed by atoms with E-state index in [4.69, 9.17) is 0 Å². The highest BCUT2D eigenvalue weighted by atomic mass is 32.1. The maximum atomic E-state index is 12.0. The summed E-state index contributed by atoms with van der Waals surface area (Å²) in [7, 11) is 0. The summed E-state index contributed by atoms with van der Waals surface area (Å²) >= 11 is 1.67. The molecule has 3 rings (SSSR count). The predicted octanol–water partition coefficient (Wildman–Crippen LogP) is 5.26. The molecule has 3 aromatic rings. The van der Waals surface area contributed by atoms with Crippen LogP contribution in [0.3, 0.4) is 0 Å². The molecule has 2 aromatic carbocycles. The van der Waals surface area contributed by atoms with Gasteiger partial charge in [-0.05, 0) is 36.6 Å². The summed E-state index contributed by atoms with van der Waals surface area (Å²) < 4.78 is 1.17. The van der Waals surface area contributed by atoms with Crippen LogP contribution in [0.1, 0.15) is 25.8 Å². The summed E-state index contributed by atoms with van der Waals surface area (Å²) in [5.74, 6) is 0.410. The smallest absolute Gasteiger partial charge is 0.224 e. The van der Waals surface area contributed by atoms with Crippen LogP contribution in [0.4, 0.5) is 5.69 Å². The molecular formula is C19H20N2OS. The SMILES string of the molecule is Cc1ccc(-c2nc3ccccc3s2)cc1NC(=O)CC(C)C. The summed E-state index contributed by atoms with van der Waals surface area (Å²) in [5.41, 5.74) is 3.98. The number of carbonyl (C=O) groups excluding carboxylic acids is 1. The minimum absolute atomic E-state index is 0.0598. The first-order valence-corrected chi connectivity index (χ1v) is 8.61. The van der Waals surface area contributed by atoms with Gasteiger partial charge in [0.2, 0.25) is 5.91 Å². The fourth-order valence-electron chi connectivity index (χ4n) is 2.46. The molecule has 0 bridgehead atoms. The van der Waals surface area contributed by atoms with E-state index < -0.39 is 0 Å². The van der Waals surface area contributed by atoms with Crippen LogP contribution >= 0.6 is 11.3 Å². The van der Waals surface area contributed by atoms with Crippen molar-refractivity contribution in [3.63, 3.8) is 0 Å². The first kappa shape index (κ1) is 15.7. The van der Waals surface area contributed by atoms with Crippen LogP contribution in [0.15, 0.2) is 42.5 Å². The van der Waals surface area contributed by atoms with E-state index in [2.05, 4.69) is 22.4 Å². The topological polar surface area (TPSA) is 42.0 Å². The molecule has 0 aliphatic carbocycles. The highest BCUT2D eigenvalue weighted by molar-refractivity contribution is 7.21. The zero-order chi connectivity index (χ0) is 16.4. The molecule has 0 fully saturated rings. The third-order valence-electron chi connectivity index (χ3n) is 3.65. The van der Waals surface area contributed by atoms with Crippen molar-refractivity contribution in [2.24, 2.45) is 5.92 Å². The third kappa shape index (κ3) is 3.59. The number of rotatable bonds is 4. The van der Waals surface area contributed by atoms with E-state index >= 15 is 0 Å². The third-order valence-corrected chi connectivity index (χ3v) is 4.73. The van der Waals surface area contributed by atoms with Crippen molar-refractivity contribution < 1.29 is 4.79 Å². The minimum Gasteiger partial charge on any atom is -0.326 e. The van der Waals surface area contributed by atoms with Gasteiger partial charge in [0, 0.05) is 17.7 Å². The van der Waals surface area contributed by atoms with Crippen molar-refractivity contribution in [3.8, 4) is 10.6 Å². The molecule has 0 spiro atoms. The van der Waals surface area contributed by atoms with Crippen molar-refractivity contribution in [1.82, 2.24) is 4.98 Å². The molecule has 0 radical (unpaired) electrons. The van der Waals surface area contributed by atoms with Gasteiger partial charge in [0.1, 0.15) is 5.01 Å². The van der Waals surface area contributed by atoms with Crippen LogP contribution < -0.4 is 5.32 Å². The molecular weight excluding hydrogens is 304 g/mol. The molecule has 23 heavy (non-hydrogen) atoms. The number of para-hydroxylation sites is 1. The number of hydrogen-bond acceptors (Lipinski definition) is 3. The van der Waals surface area contributed by atoms with Crippen molar-refractivity contribution in [2.75, 3.05) is 5.32 Å². The average Bonchev–Trinajstić information content (AvgIpc) is 2.92. The molecule has 1 amide bonds. The van der Waals surface area contributed by atoms with Crippen molar-refractivity contribution in [3.05, 3.63) is 48.0 Å². The van der Waals surface area contributed by atoms with Gasteiger partial charge in [0.15, 0.2) is 0 Å². The lowest BCUT2D eigenvalue weighted by Crippen LogP contribution is -2.14. The lowest BCUT2D eigenvalue weighted by molar-refractivity contribution is -0.116. The number of amides is 1. The monoisotopic (exact) mass is 324 g/mol. The van der Waals surface area contributed by atoms with E-state index in [0.717, 1.165) is 27.3 Å². The summed E-state index contributed by atoms with van der Waals surface area (Å²) in [6.45, 7) is 6.10. The van der Waals surface area contributed by atoms with E-state index in [1.165, 1.54) is 4.70 Å². The second-order valence-electron chi connectivity index (χ2n) is 6.16. The van der Waals surface area contributed by atoms with Gasteiger partial charge >= 0.3 is 0 Å². The van der Waals surface area contributed by atoms with Gasteiger partial charge < -0.3 is 5.32 Å². The zero-order valence-electron chi connectivity index (χ0n) is 13.6. The van der Waals surface area contributed by atoms with Crippen molar-refractivity contribution >= 4 is 33.1 Å². The summed E-state index contributed by atoms with van der Waals surface area (Å²) in [4.78, 5) is 16.7. The molecule has 0 aliphatic rings. The van der Waals surface area contributed by atoms with Crippen LogP contribution in [-0.4, -0.2) is 10.9 Å². The van der Waals surface area contributed by atoms with Crippen molar-refractivity contribution in [1.29, 1.82) is 0 Å². The maximum Gasteiger partial charge on any atom is 0.224 e. The minimum atomic E-state index is 0.0598. The number of thiazole rings is 1. The van der Waals surface area contributed by atoms with Gasteiger partial charge in [-0.2, -0.15) is 0 Å². The Bertz CT molecular complexity index is 818. The van der Waals surface area contributed by atoms with Crippen molar-refractivity contribution in [2.45, 2.75) is 27.2 Å².